The number of esters is 1. The van der Waals surface area contributed by atoms with Gasteiger partial charge < -0.3 is 29.2 Å². The molecule has 0 aromatic heterocycles. The number of aliphatic hydroxyl groups is 2. The van der Waals surface area contributed by atoms with Crippen LogP contribution >= 0.6 is 0 Å². The number of benzene rings is 1. The molecule has 8 heteroatoms. The van der Waals surface area contributed by atoms with E-state index in [1.54, 1.807) is 24.3 Å². The smallest absolute Gasteiger partial charge is 0.331 e. The van der Waals surface area contributed by atoms with Crippen molar-refractivity contribution in [3.05, 3.63) is 54.1 Å². The molecule has 0 radical (unpaired) electrons. The van der Waals surface area contributed by atoms with Gasteiger partial charge in [0.25, 0.3) is 0 Å². The van der Waals surface area contributed by atoms with Crippen molar-refractivity contribution >= 4 is 17.8 Å². The third-order valence-corrected chi connectivity index (χ3v) is 10.3. The van der Waals surface area contributed by atoms with Gasteiger partial charge in [-0.05, 0) is 48.3 Å². The minimum atomic E-state index is -2.19. The molecule has 4 bridgehead atoms. The lowest BCUT2D eigenvalue weighted by atomic mass is 9.37. The van der Waals surface area contributed by atoms with Crippen molar-refractivity contribution in [1.29, 1.82) is 0 Å². The topological polar surface area (TPSA) is 112 Å². The predicted octanol–water partition coefficient (Wildman–Crippen LogP) is 3.17. The summed E-state index contributed by atoms with van der Waals surface area (Å²) in [5.41, 5.74) is -1.64. The summed E-state index contributed by atoms with van der Waals surface area (Å²) in [6.07, 6.45) is 6.71. The Balaban J connectivity index is 1.29. The van der Waals surface area contributed by atoms with Crippen molar-refractivity contribution in [1.82, 2.24) is 0 Å². The molecule has 1 aromatic rings. The molecule has 7 aliphatic rings. The normalized spacial score (nSPS) is 43.3. The molecule has 0 amide bonds. The van der Waals surface area contributed by atoms with Gasteiger partial charge in [0.15, 0.2) is 17.3 Å². The van der Waals surface area contributed by atoms with Gasteiger partial charge in [0.2, 0.25) is 12.6 Å². The van der Waals surface area contributed by atoms with E-state index in [-0.39, 0.29) is 36.4 Å². The number of para-hydroxylation sites is 1. The lowest BCUT2D eigenvalue weighted by molar-refractivity contribution is -0.436. The lowest BCUT2D eigenvalue weighted by Gasteiger charge is -2.72. The first-order chi connectivity index (χ1) is 18.1. The molecule has 38 heavy (non-hydrogen) atoms. The van der Waals surface area contributed by atoms with Gasteiger partial charge in [0, 0.05) is 28.9 Å². The highest BCUT2D eigenvalue weighted by Gasteiger charge is 2.86. The molecule has 200 valence electrons. The second-order valence-corrected chi connectivity index (χ2v) is 12.3. The number of carbonyl (C=O) groups excluding carboxylic acids is 2. The highest BCUT2D eigenvalue weighted by Crippen LogP contribution is 2.75. The summed E-state index contributed by atoms with van der Waals surface area (Å²) in [5.74, 6) is -3.22. The Morgan fingerprint density at radius 3 is 2.87 bits per heavy atom. The van der Waals surface area contributed by atoms with Crippen LogP contribution in [0, 0.1) is 34.0 Å². The van der Waals surface area contributed by atoms with Gasteiger partial charge in [-0.3, -0.25) is 4.79 Å². The van der Waals surface area contributed by atoms with Crippen molar-refractivity contribution in [2.45, 2.75) is 51.1 Å². The summed E-state index contributed by atoms with van der Waals surface area (Å²) >= 11 is 0. The van der Waals surface area contributed by atoms with Crippen LogP contribution in [0.1, 0.15) is 38.7 Å². The highest BCUT2D eigenvalue weighted by atomic mass is 16.7. The third-order valence-electron chi connectivity index (χ3n) is 10.3. The molecule has 3 saturated carbocycles. The van der Waals surface area contributed by atoms with Crippen molar-refractivity contribution in [3.8, 4) is 11.5 Å². The molecule has 8 nitrogen and oxygen atoms in total. The molecule has 5 fully saturated rings. The molecule has 3 heterocycles. The predicted molar refractivity (Wildman–Crippen MR) is 135 cm³/mol. The summed E-state index contributed by atoms with van der Waals surface area (Å²) in [5, 5.41) is 24.0. The van der Waals surface area contributed by atoms with E-state index in [0.29, 0.717) is 35.5 Å². The van der Waals surface area contributed by atoms with Crippen LogP contribution in [0.4, 0.5) is 0 Å². The molecule has 0 unspecified atom stereocenters. The van der Waals surface area contributed by atoms with Crippen LogP contribution in [-0.2, 0) is 19.1 Å². The lowest BCUT2D eigenvalue weighted by Crippen LogP contribution is -2.83. The molecule has 8 rings (SSSR count). The van der Waals surface area contributed by atoms with Crippen LogP contribution in [0.25, 0.3) is 6.08 Å². The molecule has 2 N–H and O–H groups in total. The summed E-state index contributed by atoms with van der Waals surface area (Å²) in [4.78, 5) is 27.3. The van der Waals surface area contributed by atoms with Gasteiger partial charge in [-0.2, -0.15) is 0 Å². The fraction of sp³-hybridized carbons (Fsp3) is 0.533. The maximum Gasteiger partial charge on any atom is 0.331 e. The second kappa shape index (κ2) is 7.58. The molecule has 2 spiro atoms. The van der Waals surface area contributed by atoms with E-state index in [0.717, 1.165) is 6.42 Å². The molecular weight excluding hydrogens is 488 g/mol. The van der Waals surface area contributed by atoms with Crippen LogP contribution in [-0.4, -0.2) is 53.4 Å². The van der Waals surface area contributed by atoms with Gasteiger partial charge in [-0.25, -0.2) is 4.79 Å². The summed E-state index contributed by atoms with van der Waals surface area (Å²) < 4.78 is 23.1. The van der Waals surface area contributed by atoms with E-state index in [1.165, 1.54) is 6.08 Å². The van der Waals surface area contributed by atoms with E-state index >= 15 is 0 Å². The van der Waals surface area contributed by atoms with Crippen molar-refractivity contribution < 1.29 is 38.7 Å². The monoisotopic (exact) mass is 520 g/mol. The molecule has 8 atom stereocenters. The number of hydrogen-bond donors (Lipinski definition) is 2. The molecule has 3 aliphatic heterocycles. The number of aliphatic hydroxyl groups excluding tert-OH is 1. The van der Waals surface area contributed by atoms with Gasteiger partial charge in [-0.1, -0.05) is 44.7 Å². The zero-order valence-electron chi connectivity index (χ0n) is 21.5. The summed E-state index contributed by atoms with van der Waals surface area (Å²) in [7, 11) is 0. The number of Topliss-reactive ketones (excluding diaryl/α,β-unsaturated/α-hetero) is 1. The number of fused-ring (bicyclic) bond motifs is 3. The van der Waals surface area contributed by atoms with E-state index in [2.05, 4.69) is 32.6 Å². The van der Waals surface area contributed by atoms with E-state index in [4.69, 9.17) is 18.9 Å². The van der Waals surface area contributed by atoms with Crippen LogP contribution in [0.2, 0.25) is 0 Å². The Hall–Kier alpha value is -2.94. The Morgan fingerprint density at radius 2 is 2.05 bits per heavy atom. The minimum Gasteiger partial charge on any atom is -0.457 e. The Morgan fingerprint density at radius 1 is 1.24 bits per heavy atom. The zero-order valence-corrected chi connectivity index (χ0v) is 21.5. The van der Waals surface area contributed by atoms with E-state index < -0.39 is 40.7 Å². The maximum absolute atomic E-state index is 14.1. The number of hydrogen-bond acceptors (Lipinski definition) is 8. The first-order valence-electron chi connectivity index (χ1n) is 13.3. The minimum absolute atomic E-state index is 0.109. The zero-order chi connectivity index (χ0) is 26.7. The van der Waals surface area contributed by atoms with Crippen LogP contribution in [0.15, 0.2) is 48.6 Å². The Kier molecular flexibility index (Phi) is 4.81. The molecule has 1 aromatic carbocycles. The molecule has 4 aliphatic carbocycles. The highest BCUT2D eigenvalue weighted by molar-refractivity contribution is 6.05. The van der Waals surface area contributed by atoms with Gasteiger partial charge in [0.05, 0.1) is 6.61 Å². The fourth-order valence-corrected chi connectivity index (χ4v) is 8.95. The van der Waals surface area contributed by atoms with Gasteiger partial charge in [-0.15, -0.1) is 0 Å². The van der Waals surface area contributed by atoms with Crippen LogP contribution in [0.3, 0.4) is 0 Å². The largest absolute Gasteiger partial charge is 0.457 e. The second-order valence-electron chi connectivity index (χ2n) is 12.3. The molecule has 2 saturated heterocycles. The number of ether oxygens (including phenoxy) is 4. The first kappa shape index (κ1) is 24.1. The SMILES string of the molecule is C=C1C(=O)[C@]23[C@H](OC(=O)/C=C/c4cccc5c4OCO5)[C@H]1CC[C@H]2[C@]12C=CCC(C)(C)[C@H]1[C@H](O)[C@@]3(O)OC2. The van der Waals surface area contributed by atoms with Gasteiger partial charge in [0.1, 0.15) is 17.6 Å². The quantitative estimate of drug-likeness (QED) is 0.355. The standard InChI is InChI=1S/C30H32O8/c1-16-18-9-10-20-28-13-5-12-27(2,3)23(28)25(33)30(34,37-14-28)29(20,24(16)32)26(18)38-21(31)11-8-17-6-4-7-19-22(17)36-15-35-19/h4-8,11,13,18,20,23,25-26,33-34H,1,9-10,12,14-15H2,2-3H3/b11-8+/t18-,20-,23+,25-,26+,28+,29-,30+/m0/s1. The van der Waals surface area contributed by atoms with Crippen LogP contribution < -0.4 is 9.47 Å². The Bertz CT molecular complexity index is 1330. The van der Waals surface area contributed by atoms with Crippen LogP contribution in [0.5, 0.6) is 11.5 Å². The van der Waals surface area contributed by atoms with E-state index in [1.807, 2.05) is 0 Å². The van der Waals surface area contributed by atoms with Gasteiger partial charge >= 0.3 is 5.97 Å². The summed E-state index contributed by atoms with van der Waals surface area (Å²) in [6.45, 7) is 8.54. The maximum atomic E-state index is 14.1. The average molecular weight is 521 g/mol. The fourth-order valence-electron chi connectivity index (χ4n) is 8.95. The van der Waals surface area contributed by atoms with Crippen molar-refractivity contribution in [3.63, 3.8) is 0 Å². The first-order valence-corrected chi connectivity index (χ1v) is 13.3. The Labute approximate surface area is 220 Å². The van der Waals surface area contributed by atoms with Crippen molar-refractivity contribution in [2.75, 3.05) is 13.4 Å². The van der Waals surface area contributed by atoms with Crippen molar-refractivity contribution in [2.24, 2.45) is 34.0 Å². The number of ketones is 1. The number of carbonyl (C=O) groups is 2. The third kappa shape index (κ3) is 2.66. The summed E-state index contributed by atoms with van der Waals surface area (Å²) in [6, 6.07) is 5.38. The number of rotatable bonds is 3. The molecular formula is C30H32O8. The average Bonchev–Trinajstić information content (AvgIpc) is 3.40. The number of allylic oxidation sites excluding steroid dienone is 1. The van der Waals surface area contributed by atoms with E-state index in [9.17, 15) is 19.8 Å².